The topological polar surface area (TPSA) is 64.4 Å². The molecule has 9 heteroatoms. The van der Waals surface area contributed by atoms with Crippen LogP contribution in [0, 0.1) is 6.92 Å². The third kappa shape index (κ3) is 4.99. The Morgan fingerprint density at radius 2 is 1.93 bits per heavy atom. The Bertz CT molecular complexity index is 858. The van der Waals surface area contributed by atoms with Crippen LogP contribution in [0.4, 0.5) is 13.2 Å². The zero-order valence-electron chi connectivity index (χ0n) is 15.5. The number of benzene rings is 1. The van der Waals surface area contributed by atoms with Crippen LogP contribution in [0.15, 0.2) is 43.1 Å². The Balaban J connectivity index is 2.24. The van der Waals surface area contributed by atoms with Crippen LogP contribution in [0.25, 0.3) is 5.69 Å². The van der Waals surface area contributed by atoms with Gasteiger partial charge in [0, 0.05) is 12.1 Å². The van der Waals surface area contributed by atoms with E-state index in [0.29, 0.717) is 21.8 Å². The molecule has 1 aromatic carbocycles. The summed E-state index contributed by atoms with van der Waals surface area (Å²) in [6.45, 7) is 5.43. The summed E-state index contributed by atoms with van der Waals surface area (Å²) in [5.74, 6) is -1.25. The van der Waals surface area contributed by atoms with Gasteiger partial charge in [-0.05, 0) is 38.1 Å². The highest BCUT2D eigenvalue weighted by atomic mass is 19.4. The lowest BCUT2D eigenvalue weighted by atomic mass is 10.1. The molecular weight excluding hydrogens is 375 g/mol. The molecule has 1 amide bonds. The van der Waals surface area contributed by atoms with Gasteiger partial charge in [0.25, 0.3) is 5.91 Å². The molecule has 0 spiro atoms. The molecule has 1 heterocycles. The van der Waals surface area contributed by atoms with Crippen LogP contribution in [0.2, 0.25) is 0 Å². The van der Waals surface area contributed by atoms with Crippen molar-refractivity contribution in [2.45, 2.75) is 20.0 Å². The van der Waals surface area contributed by atoms with Crippen LogP contribution in [0.1, 0.15) is 33.3 Å². The second-order valence-corrected chi connectivity index (χ2v) is 5.91. The molecule has 0 saturated heterocycles. The maximum atomic E-state index is 12.7. The Labute approximate surface area is 160 Å². The van der Waals surface area contributed by atoms with Gasteiger partial charge in [-0.25, -0.2) is 9.48 Å². The lowest BCUT2D eigenvalue weighted by Gasteiger charge is -2.22. The maximum absolute atomic E-state index is 12.7. The summed E-state index contributed by atoms with van der Waals surface area (Å²) >= 11 is 0. The normalized spacial score (nSPS) is 11.2. The van der Waals surface area contributed by atoms with Gasteiger partial charge in [-0.2, -0.15) is 18.3 Å². The van der Waals surface area contributed by atoms with E-state index in [9.17, 15) is 22.8 Å². The summed E-state index contributed by atoms with van der Waals surface area (Å²) in [6, 6.07) is 5.91. The number of alkyl halides is 3. The maximum Gasteiger partial charge on any atom is 0.406 e. The van der Waals surface area contributed by atoms with Gasteiger partial charge in [0.05, 0.1) is 24.2 Å². The van der Waals surface area contributed by atoms with Gasteiger partial charge >= 0.3 is 12.1 Å². The highest BCUT2D eigenvalue weighted by Crippen LogP contribution is 2.20. The molecule has 28 heavy (non-hydrogen) atoms. The summed E-state index contributed by atoms with van der Waals surface area (Å²) in [5.41, 5.74) is 1.51. The first-order valence-corrected chi connectivity index (χ1v) is 8.47. The number of halogens is 3. The second-order valence-electron chi connectivity index (χ2n) is 5.91. The van der Waals surface area contributed by atoms with E-state index in [0.717, 1.165) is 0 Å². The number of hydrogen-bond acceptors (Lipinski definition) is 4. The molecule has 0 bridgehead atoms. The third-order valence-electron chi connectivity index (χ3n) is 3.87. The van der Waals surface area contributed by atoms with Gasteiger partial charge in [-0.15, -0.1) is 6.58 Å². The molecule has 0 unspecified atom stereocenters. The average Bonchev–Trinajstić information content (AvgIpc) is 3.01. The number of hydrogen-bond donors (Lipinski definition) is 0. The zero-order chi connectivity index (χ0) is 20.9. The van der Waals surface area contributed by atoms with Gasteiger partial charge in [0.15, 0.2) is 0 Å². The molecule has 2 rings (SSSR count). The zero-order valence-corrected chi connectivity index (χ0v) is 15.5. The van der Waals surface area contributed by atoms with Crippen molar-refractivity contribution >= 4 is 11.9 Å². The molecule has 150 valence electrons. The van der Waals surface area contributed by atoms with Crippen LogP contribution in [-0.2, 0) is 4.74 Å². The molecule has 6 nitrogen and oxygen atoms in total. The van der Waals surface area contributed by atoms with Crippen molar-refractivity contribution in [1.29, 1.82) is 0 Å². The summed E-state index contributed by atoms with van der Waals surface area (Å²) in [7, 11) is 0. The molecule has 0 atom stereocenters. The summed E-state index contributed by atoms with van der Waals surface area (Å²) in [4.78, 5) is 24.9. The fourth-order valence-electron chi connectivity index (χ4n) is 2.60. The second kappa shape index (κ2) is 8.73. The number of carbonyl (C=O) groups is 2. The Morgan fingerprint density at radius 3 is 2.46 bits per heavy atom. The van der Waals surface area contributed by atoms with Crippen molar-refractivity contribution in [3.63, 3.8) is 0 Å². The predicted octanol–water partition coefficient (Wildman–Crippen LogP) is 3.55. The molecule has 2 aromatic rings. The largest absolute Gasteiger partial charge is 0.462 e. The van der Waals surface area contributed by atoms with Crippen molar-refractivity contribution < 1.29 is 27.5 Å². The van der Waals surface area contributed by atoms with E-state index in [-0.39, 0.29) is 18.7 Å². The van der Waals surface area contributed by atoms with E-state index >= 15 is 0 Å². The SMILES string of the molecule is C=CCN(CC(F)(F)F)C(=O)c1ccc(-n2ncc(C(=O)OCC)c2C)cc1. The number of carbonyl (C=O) groups excluding carboxylic acids is 2. The van der Waals surface area contributed by atoms with Crippen molar-refractivity contribution in [3.8, 4) is 5.69 Å². The standard InChI is InChI=1S/C19H20F3N3O3/c1-4-10-24(12-19(20,21)22)17(26)14-6-8-15(9-7-14)25-13(3)16(11-23-25)18(27)28-5-2/h4,6-9,11H,1,5,10,12H2,2-3H3. The monoisotopic (exact) mass is 395 g/mol. The van der Waals surface area contributed by atoms with Crippen LogP contribution in [0.3, 0.4) is 0 Å². The van der Waals surface area contributed by atoms with Crippen molar-refractivity contribution in [2.24, 2.45) is 0 Å². The Kier molecular flexibility index (Phi) is 6.61. The van der Waals surface area contributed by atoms with Gasteiger partial charge in [-0.3, -0.25) is 4.79 Å². The van der Waals surface area contributed by atoms with Crippen LogP contribution in [0.5, 0.6) is 0 Å². The third-order valence-corrected chi connectivity index (χ3v) is 3.87. The van der Waals surface area contributed by atoms with E-state index < -0.39 is 24.6 Å². The van der Waals surface area contributed by atoms with E-state index in [1.165, 1.54) is 29.1 Å². The number of nitrogens with zero attached hydrogens (tertiary/aromatic N) is 3. The number of esters is 1. The minimum absolute atomic E-state index is 0.102. The van der Waals surface area contributed by atoms with E-state index in [1.54, 1.807) is 26.0 Å². The first-order valence-electron chi connectivity index (χ1n) is 8.47. The van der Waals surface area contributed by atoms with Gasteiger partial charge in [-0.1, -0.05) is 6.08 Å². The minimum atomic E-state index is -4.51. The number of aromatic nitrogens is 2. The molecule has 0 aliphatic rings. The fraction of sp³-hybridized carbons (Fsp3) is 0.316. The smallest absolute Gasteiger partial charge is 0.406 e. The van der Waals surface area contributed by atoms with Crippen molar-refractivity contribution in [1.82, 2.24) is 14.7 Å². The van der Waals surface area contributed by atoms with Crippen LogP contribution in [-0.4, -0.2) is 52.4 Å². The highest BCUT2D eigenvalue weighted by Gasteiger charge is 2.32. The quantitative estimate of drug-likeness (QED) is 0.531. The van der Waals surface area contributed by atoms with E-state index in [1.807, 2.05) is 0 Å². The number of ether oxygens (including phenoxy) is 1. The molecule has 0 aliphatic carbocycles. The summed E-state index contributed by atoms with van der Waals surface area (Å²) in [5, 5.41) is 4.14. The highest BCUT2D eigenvalue weighted by molar-refractivity contribution is 5.94. The lowest BCUT2D eigenvalue weighted by molar-refractivity contribution is -0.139. The number of rotatable bonds is 7. The summed E-state index contributed by atoms with van der Waals surface area (Å²) < 4.78 is 44.5. The van der Waals surface area contributed by atoms with Gasteiger partial charge in [0.1, 0.15) is 12.1 Å². The van der Waals surface area contributed by atoms with E-state index in [4.69, 9.17) is 4.74 Å². The Morgan fingerprint density at radius 1 is 1.29 bits per heavy atom. The number of amides is 1. The average molecular weight is 395 g/mol. The van der Waals surface area contributed by atoms with E-state index in [2.05, 4.69) is 11.7 Å². The first kappa shape index (κ1) is 21.2. The molecule has 0 fully saturated rings. The molecule has 1 aromatic heterocycles. The minimum Gasteiger partial charge on any atom is -0.462 e. The summed E-state index contributed by atoms with van der Waals surface area (Å²) in [6.07, 6.45) is -1.89. The molecule has 0 N–H and O–H groups in total. The molecule has 0 aliphatic heterocycles. The predicted molar refractivity (Wildman–Crippen MR) is 96.4 cm³/mol. The lowest BCUT2D eigenvalue weighted by Crippen LogP contribution is -2.39. The van der Waals surface area contributed by atoms with Crippen molar-refractivity contribution in [3.05, 3.63) is 59.9 Å². The Hall–Kier alpha value is -3.10. The molecule has 0 radical (unpaired) electrons. The van der Waals surface area contributed by atoms with Crippen LogP contribution < -0.4 is 0 Å². The fourth-order valence-corrected chi connectivity index (χ4v) is 2.60. The van der Waals surface area contributed by atoms with Crippen molar-refractivity contribution in [2.75, 3.05) is 19.7 Å². The molecule has 0 saturated carbocycles. The van der Waals surface area contributed by atoms with Crippen LogP contribution >= 0.6 is 0 Å². The first-order chi connectivity index (χ1) is 13.2. The molecular formula is C19H20F3N3O3. The van der Waals surface area contributed by atoms with Gasteiger partial charge in [0.2, 0.25) is 0 Å². The van der Waals surface area contributed by atoms with Gasteiger partial charge < -0.3 is 9.64 Å².